The van der Waals surface area contributed by atoms with E-state index in [2.05, 4.69) is 24.1 Å². The summed E-state index contributed by atoms with van der Waals surface area (Å²) < 4.78 is 0. The molecule has 3 nitrogen and oxygen atoms in total. The molecule has 98 valence electrons. The Hall–Kier alpha value is -0.220. The van der Waals surface area contributed by atoms with Gasteiger partial charge in [-0.1, -0.05) is 13.3 Å². The molecule has 0 bridgehead atoms. The highest BCUT2D eigenvalue weighted by molar-refractivity contribution is 8.00. The summed E-state index contributed by atoms with van der Waals surface area (Å²) in [6, 6.07) is 0. The lowest BCUT2D eigenvalue weighted by Gasteiger charge is -2.21. The first-order chi connectivity index (χ1) is 8.22. The molecule has 0 radical (unpaired) electrons. The lowest BCUT2D eigenvalue weighted by atomic mass is 10.0. The molecule has 1 unspecified atom stereocenters. The second-order valence-corrected chi connectivity index (χ2v) is 6.74. The third kappa shape index (κ3) is 3.16. The molecule has 3 atom stereocenters. The summed E-state index contributed by atoms with van der Waals surface area (Å²) in [4.78, 5) is 14.4. The lowest BCUT2D eigenvalue weighted by Crippen LogP contribution is -2.36. The third-order valence-electron chi connectivity index (χ3n) is 3.91. The average Bonchev–Trinajstić information content (AvgIpc) is 2.88. The molecular formula is C13H24N2OS. The van der Waals surface area contributed by atoms with Crippen LogP contribution >= 0.6 is 11.8 Å². The molecule has 4 heteroatoms. The molecular weight excluding hydrogens is 232 g/mol. The summed E-state index contributed by atoms with van der Waals surface area (Å²) >= 11 is 1.82. The van der Waals surface area contributed by atoms with Crippen molar-refractivity contribution in [3.05, 3.63) is 0 Å². The summed E-state index contributed by atoms with van der Waals surface area (Å²) in [5.74, 6) is 2.91. The topological polar surface area (TPSA) is 32.3 Å². The number of likely N-dealkylation sites (tertiary alicyclic amines) is 1. The molecule has 0 spiro atoms. The monoisotopic (exact) mass is 256 g/mol. The minimum atomic E-state index is 0.147. The Morgan fingerprint density at radius 1 is 1.41 bits per heavy atom. The van der Waals surface area contributed by atoms with Crippen LogP contribution in [0.4, 0.5) is 0 Å². The van der Waals surface area contributed by atoms with E-state index in [4.69, 9.17) is 0 Å². The molecule has 17 heavy (non-hydrogen) atoms. The van der Waals surface area contributed by atoms with Crippen LogP contribution in [0, 0.1) is 11.8 Å². The smallest absolute Gasteiger partial charge is 0.235 e. The van der Waals surface area contributed by atoms with Crippen LogP contribution in [0.5, 0.6) is 0 Å². The lowest BCUT2D eigenvalue weighted by molar-refractivity contribution is -0.129. The Balaban J connectivity index is 1.76. The third-order valence-corrected chi connectivity index (χ3v) is 5.14. The predicted octanol–water partition coefficient (Wildman–Crippen LogP) is 1.59. The van der Waals surface area contributed by atoms with E-state index >= 15 is 0 Å². The van der Waals surface area contributed by atoms with Crippen LogP contribution < -0.4 is 5.32 Å². The molecule has 0 aromatic carbocycles. The van der Waals surface area contributed by atoms with Gasteiger partial charge < -0.3 is 10.2 Å². The van der Waals surface area contributed by atoms with Crippen molar-refractivity contribution in [1.82, 2.24) is 10.2 Å². The van der Waals surface area contributed by atoms with Crippen molar-refractivity contribution in [3.63, 3.8) is 0 Å². The van der Waals surface area contributed by atoms with Gasteiger partial charge in [0.05, 0.1) is 5.25 Å². The molecule has 2 aliphatic heterocycles. The Morgan fingerprint density at radius 3 is 2.65 bits per heavy atom. The fraction of sp³-hybridized carbons (Fsp3) is 0.923. The van der Waals surface area contributed by atoms with E-state index in [9.17, 15) is 4.79 Å². The summed E-state index contributed by atoms with van der Waals surface area (Å²) in [5, 5.41) is 3.56. The fourth-order valence-corrected chi connectivity index (χ4v) is 3.87. The SMILES string of the molecule is CCCCSC(C)C(=O)N1C[C@H]2CNC[C@H]2C1. The normalized spacial score (nSPS) is 29.4. The van der Waals surface area contributed by atoms with E-state index in [1.54, 1.807) is 0 Å². The first-order valence-electron chi connectivity index (χ1n) is 6.83. The molecule has 1 N–H and O–H groups in total. The Morgan fingerprint density at radius 2 is 2.06 bits per heavy atom. The van der Waals surface area contributed by atoms with Gasteiger partial charge in [-0.2, -0.15) is 0 Å². The van der Waals surface area contributed by atoms with E-state index in [1.807, 2.05) is 11.8 Å². The largest absolute Gasteiger partial charge is 0.341 e. The van der Waals surface area contributed by atoms with E-state index < -0.39 is 0 Å². The number of nitrogens with one attached hydrogen (secondary N) is 1. The number of hydrogen-bond acceptors (Lipinski definition) is 3. The summed E-state index contributed by atoms with van der Waals surface area (Å²) in [7, 11) is 0. The molecule has 2 aliphatic rings. The maximum Gasteiger partial charge on any atom is 0.235 e. The molecule has 2 heterocycles. The number of rotatable bonds is 5. The quantitative estimate of drug-likeness (QED) is 0.758. The van der Waals surface area contributed by atoms with Gasteiger partial charge >= 0.3 is 0 Å². The second-order valence-electron chi connectivity index (χ2n) is 5.29. The van der Waals surface area contributed by atoms with Crippen molar-refractivity contribution in [2.24, 2.45) is 11.8 Å². The zero-order valence-electron chi connectivity index (χ0n) is 10.9. The number of nitrogens with zero attached hydrogens (tertiary/aromatic N) is 1. The number of carbonyl (C=O) groups is 1. The van der Waals surface area contributed by atoms with Gasteiger partial charge in [0.25, 0.3) is 0 Å². The summed E-state index contributed by atoms with van der Waals surface area (Å²) in [5.41, 5.74) is 0. The van der Waals surface area contributed by atoms with Crippen molar-refractivity contribution in [2.45, 2.75) is 31.9 Å². The van der Waals surface area contributed by atoms with Crippen molar-refractivity contribution in [1.29, 1.82) is 0 Å². The highest BCUT2D eigenvalue weighted by atomic mass is 32.2. The maximum atomic E-state index is 12.3. The van der Waals surface area contributed by atoms with Gasteiger partial charge in [0.1, 0.15) is 0 Å². The minimum absolute atomic E-state index is 0.147. The zero-order valence-corrected chi connectivity index (χ0v) is 11.8. The van der Waals surface area contributed by atoms with Crippen LogP contribution in [-0.4, -0.2) is 48.0 Å². The van der Waals surface area contributed by atoms with Gasteiger partial charge in [0, 0.05) is 26.2 Å². The highest BCUT2D eigenvalue weighted by Gasteiger charge is 2.38. The van der Waals surface area contributed by atoms with Crippen LogP contribution in [0.15, 0.2) is 0 Å². The van der Waals surface area contributed by atoms with Gasteiger partial charge in [0.2, 0.25) is 5.91 Å². The number of thioether (sulfide) groups is 1. The van der Waals surface area contributed by atoms with Gasteiger partial charge in [-0.3, -0.25) is 4.79 Å². The second kappa shape index (κ2) is 6.10. The minimum Gasteiger partial charge on any atom is -0.341 e. The van der Waals surface area contributed by atoms with Gasteiger partial charge in [0.15, 0.2) is 0 Å². The first kappa shape index (κ1) is 13.2. The standard InChI is InChI=1S/C13H24N2OS/c1-3-4-5-17-10(2)13(16)15-8-11-6-14-7-12(11)9-15/h10-12,14H,3-9H2,1-2H3/t10?,11-,12+. The van der Waals surface area contributed by atoms with Crippen LogP contribution in [0.3, 0.4) is 0 Å². The van der Waals surface area contributed by atoms with Crippen molar-refractivity contribution >= 4 is 17.7 Å². The molecule has 2 saturated heterocycles. The predicted molar refractivity (Wildman–Crippen MR) is 73.3 cm³/mol. The van der Waals surface area contributed by atoms with Crippen molar-refractivity contribution < 1.29 is 4.79 Å². The molecule has 0 aromatic rings. The maximum absolute atomic E-state index is 12.3. The number of hydrogen-bond donors (Lipinski definition) is 1. The number of carbonyl (C=O) groups excluding carboxylic acids is 1. The molecule has 1 amide bonds. The number of unbranched alkanes of at least 4 members (excludes halogenated alkanes) is 1. The molecule has 0 aliphatic carbocycles. The van der Waals surface area contributed by atoms with Crippen LogP contribution in [0.1, 0.15) is 26.7 Å². The average molecular weight is 256 g/mol. The van der Waals surface area contributed by atoms with Gasteiger partial charge in [-0.05, 0) is 30.9 Å². The van der Waals surface area contributed by atoms with Crippen LogP contribution in [-0.2, 0) is 4.79 Å². The summed E-state index contributed by atoms with van der Waals surface area (Å²) in [6.45, 7) is 8.43. The summed E-state index contributed by atoms with van der Waals surface area (Å²) in [6.07, 6.45) is 2.44. The fourth-order valence-electron chi connectivity index (χ4n) is 2.77. The number of amides is 1. The zero-order chi connectivity index (χ0) is 12.3. The highest BCUT2D eigenvalue weighted by Crippen LogP contribution is 2.28. The Labute approximate surface area is 109 Å². The van der Waals surface area contributed by atoms with E-state index in [0.29, 0.717) is 17.7 Å². The van der Waals surface area contributed by atoms with E-state index in [-0.39, 0.29) is 5.25 Å². The van der Waals surface area contributed by atoms with E-state index in [0.717, 1.165) is 31.9 Å². The van der Waals surface area contributed by atoms with E-state index in [1.165, 1.54) is 12.8 Å². The van der Waals surface area contributed by atoms with Gasteiger partial charge in [-0.25, -0.2) is 0 Å². The number of fused-ring (bicyclic) bond motifs is 1. The van der Waals surface area contributed by atoms with Crippen LogP contribution in [0.25, 0.3) is 0 Å². The Kier molecular flexibility index (Phi) is 4.74. The van der Waals surface area contributed by atoms with Crippen molar-refractivity contribution in [2.75, 3.05) is 31.9 Å². The molecule has 0 saturated carbocycles. The molecule has 0 aromatic heterocycles. The first-order valence-corrected chi connectivity index (χ1v) is 7.88. The Bertz CT molecular complexity index is 260. The van der Waals surface area contributed by atoms with Crippen molar-refractivity contribution in [3.8, 4) is 0 Å². The molecule has 2 rings (SSSR count). The van der Waals surface area contributed by atoms with Gasteiger partial charge in [-0.15, -0.1) is 11.8 Å². The van der Waals surface area contributed by atoms with Crippen LogP contribution in [0.2, 0.25) is 0 Å². The molecule has 2 fully saturated rings.